The van der Waals surface area contributed by atoms with Crippen LogP contribution in [0.5, 0.6) is 0 Å². The van der Waals surface area contributed by atoms with Crippen molar-refractivity contribution in [3.05, 3.63) is 30.1 Å². The van der Waals surface area contributed by atoms with Crippen molar-refractivity contribution in [3.63, 3.8) is 0 Å². The molecule has 0 fully saturated rings. The van der Waals surface area contributed by atoms with Crippen molar-refractivity contribution in [2.24, 2.45) is 10.8 Å². The Hall–Kier alpha value is -1.66. The number of methoxy groups -OCH3 is 1. The molecular formula is C11H19N5O. The van der Waals surface area contributed by atoms with Crippen LogP contribution in [0.4, 0.5) is 0 Å². The van der Waals surface area contributed by atoms with Gasteiger partial charge in [0, 0.05) is 26.0 Å². The average molecular weight is 237 g/mol. The predicted molar refractivity (Wildman–Crippen MR) is 67.4 cm³/mol. The number of rotatable bonds is 6. The minimum absolute atomic E-state index is 0.575. The summed E-state index contributed by atoms with van der Waals surface area (Å²) in [7, 11) is 1.64. The molecule has 1 heterocycles. The third-order valence-corrected chi connectivity index (χ3v) is 2.13. The van der Waals surface area contributed by atoms with Crippen LogP contribution in [-0.4, -0.2) is 37.7 Å². The van der Waals surface area contributed by atoms with Gasteiger partial charge in [-0.3, -0.25) is 10.4 Å². The van der Waals surface area contributed by atoms with Gasteiger partial charge in [0.2, 0.25) is 5.96 Å². The quantitative estimate of drug-likeness (QED) is 0.208. The number of nitrogens with one attached hydrogen (secondary N) is 2. The van der Waals surface area contributed by atoms with Gasteiger partial charge in [0.15, 0.2) is 0 Å². The molecule has 6 nitrogen and oxygen atoms in total. The minimum atomic E-state index is 0.575. The monoisotopic (exact) mass is 237 g/mol. The molecule has 0 aliphatic heterocycles. The molecule has 94 valence electrons. The summed E-state index contributed by atoms with van der Waals surface area (Å²) in [6, 6.07) is 3.95. The highest BCUT2D eigenvalue weighted by Crippen LogP contribution is 1.95. The molecule has 0 bridgehead atoms. The Kier molecular flexibility index (Phi) is 6.69. The lowest BCUT2D eigenvalue weighted by molar-refractivity contribution is 0.208. The first kappa shape index (κ1) is 13.4. The second kappa shape index (κ2) is 8.49. The van der Waals surface area contributed by atoms with Crippen LogP contribution in [0.2, 0.25) is 0 Å². The Morgan fingerprint density at radius 3 is 3.12 bits per heavy atom. The van der Waals surface area contributed by atoms with E-state index in [1.165, 1.54) is 5.56 Å². The molecular weight excluding hydrogens is 218 g/mol. The molecule has 4 N–H and O–H groups in total. The predicted octanol–water partition coefficient (Wildman–Crippen LogP) is -0.321. The van der Waals surface area contributed by atoms with Crippen LogP contribution in [0.1, 0.15) is 5.56 Å². The highest BCUT2D eigenvalue weighted by atomic mass is 16.5. The molecule has 1 rings (SSSR count). The van der Waals surface area contributed by atoms with Crippen LogP contribution in [0.25, 0.3) is 0 Å². The molecule has 6 heteroatoms. The van der Waals surface area contributed by atoms with Gasteiger partial charge in [0.1, 0.15) is 0 Å². The molecule has 0 saturated heterocycles. The summed E-state index contributed by atoms with van der Waals surface area (Å²) in [5, 5.41) is 3.11. The Labute approximate surface area is 101 Å². The van der Waals surface area contributed by atoms with Crippen molar-refractivity contribution in [2.45, 2.75) is 6.42 Å². The number of hydrazine groups is 1. The summed E-state index contributed by atoms with van der Waals surface area (Å²) >= 11 is 0. The first-order chi connectivity index (χ1) is 8.36. The van der Waals surface area contributed by atoms with Gasteiger partial charge in [-0.25, -0.2) is 10.8 Å². The minimum Gasteiger partial charge on any atom is -0.383 e. The van der Waals surface area contributed by atoms with Crippen molar-refractivity contribution in [3.8, 4) is 0 Å². The summed E-state index contributed by atoms with van der Waals surface area (Å²) < 4.78 is 4.90. The molecule has 0 atom stereocenters. The van der Waals surface area contributed by atoms with Crippen LogP contribution < -0.4 is 16.6 Å². The van der Waals surface area contributed by atoms with Crippen molar-refractivity contribution >= 4 is 5.96 Å². The standard InChI is InChI=1S/C11H19N5O/c1-17-8-7-15-11(16-12)14-6-4-10-3-2-5-13-9-10/h2-3,5,9H,4,6-8,12H2,1H3,(H2,14,15,16). The molecule has 0 aliphatic rings. The topological polar surface area (TPSA) is 84.6 Å². The summed E-state index contributed by atoms with van der Waals surface area (Å²) in [6.45, 7) is 1.91. The Morgan fingerprint density at radius 2 is 2.47 bits per heavy atom. The maximum Gasteiger partial charge on any atom is 0.205 e. The zero-order valence-electron chi connectivity index (χ0n) is 10.0. The molecule has 0 aliphatic carbocycles. The second-order valence-corrected chi connectivity index (χ2v) is 3.41. The zero-order chi connectivity index (χ0) is 12.3. The number of hydrogen-bond donors (Lipinski definition) is 3. The van der Waals surface area contributed by atoms with E-state index >= 15 is 0 Å². The van der Waals surface area contributed by atoms with Gasteiger partial charge in [0.05, 0.1) is 13.2 Å². The number of guanidine groups is 1. The van der Waals surface area contributed by atoms with Crippen molar-refractivity contribution < 1.29 is 4.74 Å². The van der Waals surface area contributed by atoms with E-state index in [0.717, 1.165) is 13.0 Å². The number of nitrogens with zero attached hydrogens (tertiary/aromatic N) is 2. The smallest absolute Gasteiger partial charge is 0.205 e. The highest BCUT2D eigenvalue weighted by molar-refractivity contribution is 5.79. The van der Waals surface area contributed by atoms with Crippen LogP contribution in [0.3, 0.4) is 0 Å². The van der Waals surface area contributed by atoms with Gasteiger partial charge >= 0.3 is 0 Å². The van der Waals surface area contributed by atoms with Crippen molar-refractivity contribution in [1.82, 2.24) is 15.7 Å². The first-order valence-electron chi connectivity index (χ1n) is 5.49. The third-order valence-electron chi connectivity index (χ3n) is 2.13. The molecule has 0 radical (unpaired) electrons. The number of aliphatic imine (C=N–C) groups is 1. The molecule has 0 spiro atoms. The summed E-state index contributed by atoms with van der Waals surface area (Å²) in [5.74, 6) is 5.91. The first-order valence-corrected chi connectivity index (χ1v) is 5.49. The average Bonchev–Trinajstić information content (AvgIpc) is 2.38. The number of pyridine rings is 1. The number of aromatic nitrogens is 1. The van der Waals surface area contributed by atoms with Gasteiger partial charge in [-0.1, -0.05) is 6.07 Å². The molecule has 0 aromatic carbocycles. The fraction of sp³-hybridized carbons (Fsp3) is 0.455. The van der Waals surface area contributed by atoms with Gasteiger partial charge in [-0.15, -0.1) is 0 Å². The van der Waals surface area contributed by atoms with Crippen molar-refractivity contribution in [2.75, 3.05) is 26.8 Å². The van der Waals surface area contributed by atoms with Crippen LogP contribution in [-0.2, 0) is 11.2 Å². The molecule has 17 heavy (non-hydrogen) atoms. The van der Waals surface area contributed by atoms with E-state index in [1.54, 1.807) is 13.3 Å². The van der Waals surface area contributed by atoms with E-state index in [1.807, 2.05) is 18.3 Å². The summed E-state index contributed by atoms with van der Waals surface area (Å²) in [6.07, 6.45) is 4.48. The highest BCUT2D eigenvalue weighted by Gasteiger charge is 1.96. The maximum atomic E-state index is 5.34. The fourth-order valence-electron chi connectivity index (χ4n) is 1.27. The van der Waals surface area contributed by atoms with Crippen LogP contribution in [0.15, 0.2) is 29.5 Å². The normalized spacial score (nSPS) is 11.3. The van der Waals surface area contributed by atoms with E-state index in [4.69, 9.17) is 10.6 Å². The number of ether oxygens (including phenoxy) is 1. The largest absolute Gasteiger partial charge is 0.383 e. The van der Waals surface area contributed by atoms with Gasteiger partial charge in [-0.05, 0) is 18.1 Å². The lowest BCUT2D eigenvalue weighted by Crippen LogP contribution is -2.42. The summed E-state index contributed by atoms with van der Waals surface area (Å²) in [5.41, 5.74) is 3.69. The SMILES string of the molecule is COCCN=C(NN)NCCc1cccnc1. The van der Waals surface area contributed by atoms with E-state index in [9.17, 15) is 0 Å². The molecule has 0 unspecified atom stereocenters. The zero-order valence-corrected chi connectivity index (χ0v) is 10.0. The summed E-state index contributed by atoms with van der Waals surface area (Å²) in [4.78, 5) is 8.24. The second-order valence-electron chi connectivity index (χ2n) is 3.41. The van der Waals surface area contributed by atoms with E-state index in [-0.39, 0.29) is 0 Å². The molecule has 0 saturated carbocycles. The van der Waals surface area contributed by atoms with Gasteiger partial charge in [-0.2, -0.15) is 0 Å². The lowest BCUT2D eigenvalue weighted by Gasteiger charge is -2.08. The fourth-order valence-corrected chi connectivity index (χ4v) is 1.27. The molecule has 1 aromatic heterocycles. The van der Waals surface area contributed by atoms with Crippen molar-refractivity contribution in [1.29, 1.82) is 0 Å². The molecule has 1 aromatic rings. The number of nitrogens with two attached hydrogens (primary N) is 1. The Balaban J connectivity index is 2.26. The van der Waals surface area contributed by atoms with Crippen LogP contribution >= 0.6 is 0 Å². The van der Waals surface area contributed by atoms with Gasteiger partial charge in [0.25, 0.3) is 0 Å². The van der Waals surface area contributed by atoms with Crippen LogP contribution in [0, 0.1) is 0 Å². The Bertz CT molecular complexity index is 328. The van der Waals surface area contributed by atoms with E-state index < -0.39 is 0 Å². The molecule has 0 amide bonds. The van der Waals surface area contributed by atoms with Gasteiger partial charge < -0.3 is 10.1 Å². The maximum absolute atomic E-state index is 5.34. The van der Waals surface area contributed by atoms with E-state index in [2.05, 4.69) is 20.7 Å². The third kappa shape index (κ3) is 5.84. The lowest BCUT2D eigenvalue weighted by atomic mass is 10.2. The Morgan fingerprint density at radius 1 is 1.59 bits per heavy atom. The number of hydrogen-bond acceptors (Lipinski definition) is 4. The van der Waals surface area contributed by atoms with E-state index in [0.29, 0.717) is 19.1 Å².